The molecule has 1 aliphatic heterocycles. The van der Waals surface area contributed by atoms with Gasteiger partial charge in [-0.15, -0.1) is 0 Å². The van der Waals surface area contributed by atoms with E-state index in [0.717, 1.165) is 98.6 Å². The van der Waals surface area contributed by atoms with Crippen LogP contribution in [0.3, 0.4) is 0 Å². The molecule has 3 aliphatic rings. The molecular weight excluding hydrogens is 520 g/mol. The summed E-state index contributed by atoms with van der Waals surface area (Å²) in [5.41, 5.74) is 4.35. The van der Waals surface area contributed by atoms with Crippen molar-refractivity contribution >= 4 is 28.6 Å². The summed E-state index contributed by atoms with van der Waals surface area (Å²) in [6.45, 7) is 8.89. The van der Waals surface area contributed by atoms with Crippen molar-refractivity contribution in [3.05, 3.63) is 42.0 Å². The summed E-state index contributed by atoms with van der Waals surface area (Å²) >= 11 is 0. The summed E-state index contributed by atoms with van der Waals surface area (Å²) in [5.74, 6) is 1.15. The van der Waals surface area contributed by atoms with Gasteiger partial charge in [0.15, 0.2) is 0 Å². The zero-order valence-corrected chi connectivity index (χ0v) is 24.3. The average molecular weight is 561 g/mol. The fourth-order valence-corrected chi connectivity index (χ4v) is 5.96. The first-order valence-electron chi connectivity index (χ1n) is 14.9. The lowest BCUT2D eigenvalue weighted by Gasteiger charge is -2.31. The highest BCUT2D eigenvalue weighted by molar-refractivity contribution is 5.85. The second kappa shape index (κ2) is 11.8. The van der Waals surface area contributed by atoms with Gasteiger partial charge in [-0.25, -0.2) is 15.0 Å². The maximum atomic E-state index is 12.7. The van der Waals surface area contributed by atoms with E-state index < -0.39 is 5.60 Å². The van der Waals surface area contributed by atoms with Gasteiger partial charge in [0.1, 0.15) is 16.9 Å². The highest BCUT2D eigenvalue weighted by atomic mass is 16.6. The van der Waals surface area contributed by atoms with Gasteiger partial charge in [0.25, 0.3) is 0 Å². The van der Waals surface area contributed by atoms with Gasteiger partial charge in [0, 0.05) is 61.6 Å². The fourth-order valence-electron chi connectivity index (χ4n) is 5.96. The van der Waals surface area contributed by atoms with Crippen LogP contribution in [0.25, 0.3) is 11.0 Å². The van der Waals surface area contributed by atoms with E-state index in [1.54, 1.807) is 12.4 Å². The number of nitrogens with zero attached hydrogens (tertiary/aromatic N) is 5. The number of aromatic nitrogens is 4. The quantitative estimate of drug-likeness (QED) is 0.432. The molecule has 1 N–H and O–H groups in total. The van der Waals surface area contributed by atoms with Gasteiger partial charge in [0.05, 0.1) is 30.8 Å². The predicted molar refractivity (Wildman–Crippen MR) is 156 cm³/mol. The third-order valence-electron chi connectivity index (χ3n) is 8.10. The van der Waals surface area contributed by atoms with Gasteiger partial charge in [-0.1, -0.05) is 0 Å². The molecule has 0 amide bonds. The molecule has 6 rings (SSSR count). The molecule has 0 radical (unpaired) electrons. The number of esters is 1. The van der Waals surface area contributed by atoms with Crippen LogP contribution in [-0.4, -0.2) is 70.0 Å². The van der Waals surface area contributed by atoms with Crippen LogP contribution in [0.1, 0.15) is 64.1 Å². The Morgan fingerprint density at radius 1 is 1.02 bits per heavy atom. The van der Waals surface area contributed by atoms with Crippen LogP contribution in [-0.2, 0) is 27.1 Å². The maximum absolute atomic E-state index is 12.7. The van der Waals surface area contributed by atoms with Crippen LogP contribution in [0, 0.1) is 5.92 Å². The number of rotatable bonds is 6. The fraction of sp³-hybridized carbons (Fsp3) is 0.581. The van der Waals surface area contributed by atoms with Crippen LogP contribution >= 0.6 is 0 Å². The number of benzene rings is 1. The van der Waals surface area contributed by atoms with Crippen molar-refractivity contribution in [3.63, 3.8) is 0 Å². The molecule has 41 heavy (non-hydrogen) atoms. The molecule has 3 aromatic rings. The van der Waals surface area contributed by atoms with Crippen LogP contribution in [0.5, 0.6) is 5.75 Å². The van der Waals surface area contributed by atoms with E-state index in [4.69, 9.17) is 19.2 Å². The van der Waals surface area contributed by atoms with Crippen molar-refractivity contribution in [2.45, 2.75) is 83.5 Å². The normalized spacial score (nSPS) is 23.1. The molecule has 218 valence electrons. The molecule has 0 spiro atoms. The van der Waals surface area contributed by atoms with Gasteiger partial charge >= 0.3 is 5.97 Å². The standard InChI is InChI=1S/C31H40N6O4/c1-31(2,3)41-29(38)20-4-5-21-19-34-30(36-25(21)16-20)35-22-6-8-24(9-7-22)40-27-18-23(37-12-14-39-15-13-37)17-26-28(27)33-11-10-32-26/h10-11,17-20,22,24H,4-9,12-16H2,1-3H3,(H,34,35,36)/t20?,22-,24+. The Balaban J connectivity index is 1.07. The van der Waals surface area contributed by atoms with Crippen LogP contribution < -0.4 is 15.0 Å². The minimum absolute atomic E-state index is 0.109. The molecular formula is C31H40N6O4. The predicted octanol–water partition coefficient (Wildman–Crippen LogP) is 4.51. The van der Waals surface area contributed by atoms with Crippen molar-refractivity contribution in [1.82, 2.24) is 19.9 Å². The Kier molecular flexibility index (Phi) is 7.92. The Morgan fingerprint density at radius 3 is 2.59 bits per heavy atom. The maximum Gasteiger partial charge on any atom is 0.309 e. The van der Waals surface area contributed by atoms with Gasteiger partial charge in [-0.3, -0.25) is 9.78 Å². The molecule has 0 bridgehead atoms. The largest absolute Gasteiger partial charge is 0.488 e. The van der Waals surface area contributed by atoms with Gasteiger partial charge in [-0.05, 0) is 70.9 Å². The van der Waals surface area contributed by atoms with Crippen molar-refractivity contribution in [3.8, 4) is 5.75 Å². The first-order chi connectivity index (χ1) is 19.8. The molecule has 10 nitrogen and oxygen atoms in total. The zero-order chi connectivity index (χ0) is 28.4. The lowest BCUT2D eigenvalue weighted by Crippen LogP contribution is -2.36. The SMILES string of the molecule is CC(C)(C)OC(=O)C1CCc2cnc(N[C@H]3CC[C@@H](Oc4cc(N5CCOCC5)cc5nccnc45)CC3)nc2C1. The number of hydrogen-bond acceptors (Lipinski definition) is 10. The third-order valence-corrected chi connectivity index (χ3v) is 8.10. The van der Waals surface area contributed by atoms with Gasteiger partial charge in [-0.2, -0.15) is 0 Å². The third kappa shape index (κ3) is 6.69. The topological polar surface area (TPSA) is 112 Å². The Hall–Kier alpha value is -3.53. The highest BCUT2D eigenvalue weighted by Gasteiger charge is 2.31. The van der Waals surface area contributed by atoms with E-state index in [0.29, 0.717) is 12.4 Å². The smallest absolute Gasteiger partial charge is 0.309 e. The second-order valence-electron chi connectivity index (χ2n) is 12.3. The van der Waals surface area contributed by atoms with Crippen molar-refractivity contribution in [1.29, 1.82) is 0 Å². The van der Waals surface area contributed by atoms with Crippen LogP contribution in [0.15, 0.2) is 30.7 Å². The minimum atomic E-state index is -0.482. The number of fused-ring (bicyclic) bond motifs is 2. The van der Waals surface area contributed by atoms with Gasteiger partial charge in [0.2, 0.25) is 5.95 Å². The summed E-state index contributed by atoms with van der Waals surface area (Å²) in [4.78, 5) is 33.5. The molecule has 1 aromatic carbocycles. The van der Waals surface area contributed by atoms with Crippen LogP contribution in [0.4, 0.5) is 11.6 Å². The molecule has 10 heteroatoms. The van der Waals surface area contributed by atoms with E-state index >= 15 is 0 Å². The number of ether oxygens (including phenoxy) is 3. The number of nitrogens with one attached hydrogen (secondary N) is 1. The van der Waals surface area contributed by atoms with E-state index in [9.17, 15) is 4.79 Å². The number of anilines is 2. The number of carbonyl (C=O) groups excluding carboxylic acids is 1. The Morgan fingerprint density at radius 2 is 1.80 bits per heavy atom. The lowest BCUT2D eigenvalue weighted by molar-refractivity contribution is -0.160. The van der Waals surface area contributed by atoms with Crippen molar-refractivity contribution < 1.29 is 19.0 Å². The van der Waals surface area contributed by atoms with Crippen LogP contribution in [0.2, 0.25) is 0 Å². The van der Waals surface area contributed by atoms with Crippen molar-refractivity contribution in [2.75, 3.05) is 36.5 Å². The van der Waals surface area contributed by atoms with Crippen molar-refractivity contribution in [2.24, 2.45) is 5.92 Å². The zero-order valence-electron chi connectivity index (χ0n) is 24.3. The van der Waals surface area contributed by atoms with E-state index in [1.807, 2.05) is 27.0 Å². The molecule has 1 saturated carbocycles. The summed E-state index contributed by atoms with van der Waals surface area (Å²) < 4.78 is 17.7. The number of carbonyl (C=O) groups is 1. The monoisotopic (exact) mass is 560 g/mol. The number of aryl methyl sites for hydroxylation is 1. The summed E-state index contributed by atoms with van der Waals surface area (Å²) in [6, 6.07) is 4.47. The lowest BCUT2D eigenvalue weighted by atomic mass is 9.87. The molecule has 1 saturated heterocycles. The first-order valence-corrected chi connectivity index (χ1v) is 14.9. The molecule has 2 aliphatic carbocycles. The van der Waals surface area contributed by atoms with E-state index in [2.05, 4.69) is 37.3 Å². The highest BCUT2D eigenvalue weighted by Crippen LogP contribution is 2.33. The molecule has 2 aromatic heterocycles. The first kappa shape index (κ1) is 27.6. The summed E-state index contributed by atoms with van der Waals surface area (Å²) in [7, 11) is 0. The number of morpholine rings is 1. The molecule has 2 fully saturated rings. The average Bonchev–Trinajstić information content (AvgIpc) is 2.97. The van der Waals surface area contributed by atoms with E-state index in [-0.39, 0.29) is 24.0 Å². The number of hydrogen-bond donors (Lipinski definition) is 1. The molecule has 3 heterocycles. The Bertz CT molecular complexity index is 1380. The minimum Gasteiger partial charge on any atom is -0.488 e. The summed E-state index contributed by atoms with van der Waals surface area (Å²) in [5, 5.41) is 3.54. The van der Waals surface area contributed by atoms with E-state index in [1.165, 1.54) is 0 Å². The molecule has 1 atom stereocenters. The Labute approximate surface area is 241 Å². The molecule has 1 unspecified atom stereocenters. The summed E-state index contributed by atoms with van der Waals surface area (Å²) in [6.07, 6.45) is 11.4. The van der Waals surface area contributed by atoms with Gasteiger partial charge < -0.3 is 24.4 Å². The second-order valence-corrected chi connectivity index (χ2v) is 12.3.